The van der Waals surface area contributed by atoms with E-state index >= 15 is 0 Å². The number of unbranched alkanes of at least 4 members (excludes halogenated alkanes) is 13. The molecule has 0 atom stereocenters. The van der Waals surface area contributed by atoms with Gasteiger partial charge in [0.05, 0.1) is 0 Å². The summed E-state index contributed by atoms with van der Waals surface area (Å²) >= 11 is 0. The lowest BCUT2D eigenvalue weighted by atomic mass is 10.1. The van der Waals surface area contributed by atoms with E-state index in [2.05, 4.69) is 19.1 Å². The first-order valence-electron chi connectivity index (χ1n) is 9.10. The Morgan fingerprint density at radius 1 is 0.550 bits per heavy atom. The van der Waals surface area contributed by atoms with Crippen molar-refractivity contribution in [1.29, 1.82) is 0 Å². The molecule has 0 heterocycles. The highest BCUT2D eigenvalue weighted by molar-refractivity contribution is 4.81. The molecule has 0 rings (SSSR count). The van der Waals surface area contributed by atoms with E-state index in [9.17, 15) is 0 Å². The number of hydrogen-bond donors (Lipinski definition) is 0. The van der Waals surface area contributed by atoms with Gasteiger partial charge < -0.3 is 0 Å². The standard InChI is InChI=1S/C20H37/c1-3-5-7-9-11-13-15-17-19-20-18-16-14-12-10-8-6-4-2/h1,3,12,14H,4-11,13,15-20H2,2H3. The van der Waals surface area contributed by atoms with Crippen LogP contribution in [0.5, 0.6) is 0 Å². The summed E-state index contributed by atoms with van der Waals surface area (Å²) in [6.45, 7) is 7.63. The first kappa shape index (κ1) is 19.5. The Kier molecular flexibility index (Phi) is 18.0. The lowest BCUT2D eigenvalue weighted by molar-refractivity contribution is 0.561. The first-order chi connectivity index (χ1) is 9.91. The van der Waals surface area contributed by atoms with E-state index < -0.39 is 0 Å². The molecule has 0 N–H and O–H groups in total. The normalized spacial score (nSPS) is 11.2. The van der Waals surface area contributed by atoms with Crippen molar-refractivity contribution in [3.05, 3.63) is 24.8 Å². The molecule has 20 heavy (non-hydrogen) atoms. The third kappa shape index (κ3) is 17.5. The zero-order chi connectivity index (χ0) is 14.7. The van der Waals surface area contributed by atoms with E-state index in [1.54, 1.807) is 6.08 Å². The van der Waals surface area contributed by atoms with E-state index in [1.807, 2.05) is 0 Å². The van der Waals surface area contributed by atoms with Crippen molar-refractivity contribution in [3.8, 4) is 0 Å². The molecular formula is C20H37. The highest BCUT2D eigenvalue weighted by Gasteiger charge is 1.92. The van der Waals surface area contributed by atoms with Crippen LogP contribution in [0.1, 0.15) is 103 Å². The van der Waals surface area contributed by atoms with Gasteiger partial charge in [-0.2, -0.15) is 0 Å². The number of hydrogen-bond acceptors (Lipinski definition) is 0. The molecule has 0 aromatic heterocycles. The van der Waals surface area contributed by atoms with Gasteiger partial charge in [0.1, 0.15) is 0 Å². The van der Waals surface area contributed by atoms with E-state index in [0.717, 1.165) is 6.42 Å². The van der Waals surface area contributed by atoms with E-state index in [1.165, 1.54) is 89.9 Å². The van der Waals surface area contributed by atoms with Crippen LogP contribution in [0, 0.1) is 6.58 Å². The van der Waals surface area contributed by atoms with Crippen LogP contribution >= 0.6 is 0 Å². The molecule has 0 amide bonds. The van der Waals surface area contributed by atoms with Gasteiger partial charge in [-0.15, -0.1) is 0 Å². The second-order valence-electron chi connectivity index (χ2n) is 5.96. The molecule has 0 unspecified atom stereocenters. The maximum absolute atomic E-state index is 5.36. The second kappa shape index (κ2) is 18.5. The highest BCUT2D eigenvalue weighted by atomic mass is 14.0. The fourth-order valence-corrected chi connectivity index (χ4v) is 2.51. The van der Waals surface area contributed by atoms with E-state index in [-0.39, 0.29) is 0 Å². The lowest BCUT2D eigenvalue weighted by Gasteiger charge is -2.01. The van der Waals surface area contributed by atoms with Crippen molar-refractivity contribution >= 4 is 0 Å². The summed E-state index contributed by atoms with van der Waals surface area (Å²) in [6, 6.07) is 0. The van der Waals surface area contributed by atoms with Crippen molar-refractivity contribution in [1.82, 2.24) is 0 Å². The summed E-state index contributed by atoms with van der Waals surface area (Å²) < 4.78 is 0. The molecular weight excluding hydrogens is 240 g/mol. The zero-order valence-corrected chi connectivity index (χ0v) is 13.9. The summed E-state index contributed by atoms with van der Waals surface area (Å²) in [5.74, 6) is 0. The molecule has 0 aliphatic rings. The van der Waals surface area contributed by atoms with Crippen LogP contribution in [0.15, 0.2) is 18.2 Å². The van der Waals surface area contributed by atoms with Crippen LogP contribution in [0.4, 0.5) is 0 Å². The summed E-state index contributed by atoms with van der Waals surface area (Å²) in [4.78, 5) is 0. The predicted octanol–water partition coefficient (Wildman–Crippen LogP) is 7.40. The lowest BCUT2D eigenvalue weighted by Crippen LogP contribution is -1.81. The van der Waals surface area contributed by atoms with Crippen molar-refractivity contribution in [2.45, 2.75) is 103 Å². The van der Waals surface area contributed by atoms with Crippen LogP contribution in [-0.2, 0) is 0 Å². The predicted molar refractivity (Wildman–Crippen MR) is 92.9 cm³/mol. The molecule has 0 spiro atoms. The van der Waals surface area contributed by atoms with Gasteiger partial charge in [-0.3, -0.25) is 0 Å². The minimum atomic E-state index is 1.09. The summed E-state index contributed by atoms with van der Waals surface area (Å²) in [5, 5.41) is 0. The van der Waals surface area contributed by atoms with Gasteiger partial charge >= 0.3 is 0 Å². The Morgan fingerprint density at radius 2 is 0.950 bits per heavy atom. The SMILES string of the molecule is [CH]=CCCCCCCCCCCCC=CCCCCC. The van der Waals surface area contributed by atoms with Gasteiger partial charge in [0.2, 0.25) is 0 Å². The van der Waals surface area contributed by atoms with Crippen LogP contribution in [-0.4, -0.2) is 0 Å². The fraction of sp³-hybridized carbons (Fsp3) is 0.800. The molecule has 117 valence electrons. The molecule has 0 aromatic rings. The topological polar surface area (TPSA) is 0 Å². The van der Waals surface area contributed by atoms with Crippen molar-refractivity contribution in [2.24, 2.45) is 0 Å². The smallest absolute Gasteiger partial charge is 0.0348 e. The third-order valence-electron chi connectivity index (χ3n) is 3.88. The van der Waals surface area contributed by atoms with Crippen molar-refractivity contribution in [2.75, 3.05) is 0 Å². The van der Waals surface area contributed by atoms with Crippen molar-refractivity contribution < 1.29 is 0 Å². The Hall–Kier alpha value is -0.520. The minimum absolute atomic E-state index is 1.09. The molecule has 0 aliphatic carbocycles. The van der Waals surface area contributed by atoms with Crippen LogP contribution in [0.2, 0.25) is 0 Å². The average Bonchev–Trinajstić information content (AvgIpc) is 2.47. The Bertz CT molecular complexity index is 202. The van der Waals surface area contributed by atoms with Gasteiger partial charge in [-0.1, -0.05) is 89.5 Å². The maximum Gasteiger partial charge on any atom is -0.0348 e. The van der Waals surface area contributed by atoms with Gasteiger partial charge in [0, 0.05) is 0 Å². The molecule has 0 heteroatoms. The van der Waals surface area contributed by atoms with Crippen LogP contribution in [0.3, 0.4) is 0 Å². The Morgan fingerprint density at radius 3 is 1.40 bits per heavy atom. The van der Waals surface area contributed by atoms with Crippen LogP contribution < -0.4 is 0 Å². The molecule has 0 aromatic carbocycles. The first-order valence-corrected chi connectivity index (χ1v) is 9.10. The van der Waals surface area contributed by atoms with Gasteiger partial charge in [0.15, 0.2) is 0 Å². The Balaban J connectivity index is 3.00. The van der Waals surface area contributed by atoms with E-state index in [4.69, 9.17) is 6.58 Å². The fourth-order valence-electron chi connectivity index (χ4n) is 2.51. The minimum Gasteiger partial charge on any atom is -0.0885 e. The largest absolute Gasteiger partial charge is 0.0885 e. The maximum atomic E-state index is 5.36. The van der Waals surface area contributed by atoms with Gasteiger partial charge in [-0.05, 0) is 38.5 Å². The molecule has 0 bridgehead atoms. The van der Waals surface area contributed by atoms with Crippen molar-refractivity contribution in [3.63, 3.8) is 0 Å². The number of rotatable bonds is 16. The molecule has 1 radical (unpaired) electrons. The summed E-state index contributed by atoms with van der Waals surface area (Å²) in [6.07, 6.45) is 26.9. The third-order valence-corrected chi connectivity index (χ3v) is 3.88. The monoisotopic (exact) mass is 277 g/mol. The quantitative estimate of drug-likeness (QED) is 0.203. The zero-order valence-electron chi connectivity index (χ0n) is 13.9. The average molecular weight is 278 g/mol. The van der Waals surface area contributed by atoms with Gasteiger partial charge in [0.25, 0.3) is 0 Å². The van der Waals surface area contributed by atoms with Crippen LogP contribution in [0.25, 0.3) is 0 Å². The molecule has 0 aliphatic heterocycles. The second-order valence-corrected chi connectivity index (χ2v) is 5.96. The number of allylic oxidation sites excluding steroid dienone is 3. The summed E-state index contributed by atoms with van der Waals surface area (Å²) in [5.41, 5.74) is 0. The Labute approximate surface area is 128 Å². The van der Waals surface area contributed by atoms with Gasteiger partial charge in [-0.25, -0.2) is 0 Å². The van der Waals surface area contributed by atoms with E-state index in [0.29, 0.717) is 0 Å². The molecule has 0 saturated heterocycles. The summed E-state index contributed by atoms with van der Waals surface area (Å²) in [7, 11) is 0. The molecule has 0 fully saturated rings. The molecule has 0 saturated carbocycles. The molecule has 0 nitrogen and oxygen atoms in total. The highest BCUT2D eigenvalue weighted by Crippen LogP contribution is 2.11.